The van der Waals surface area contributed by atoms with Gasteiger partial charge in [0.05, 0.1) is 31.5 Å². The van der Waals surface area contributed by atoms with Crippen molar-refractivity contribution < 1.29 is 9.47 Å². The van der Waals surface area contributed by atoms with Gasteiger partial charge in [0, 0.05) is 30.6 Å². The van der Waals surface area contributed by atoms with Gasteiger partial charge < -0.3 is 20.1 Å². The van der Waals surface area contributed by atoms with E-state index in [9.17, 15) is 0 Å². The number of methoxy groups -OCH3 is 1. The van der Waals surface area contributed by atoms with Crippen LogP contribution in [0.3, 0.4) is 0 Å². The van der Waals surface area contributed by atoms with E-state index in [0.29, 0.717) is 11.7 Å². The second-order valence-corrected chi connectivity index (χ2v) is 7.16. The Morgan fingerprint density at radius 1 is 1.10 bits per heavy atom. The maximum atomic E-state index is 6.21. The van der Waals surface area contributed by atoms with Crippen LogP contribution in [0.1, 0.15) is 11.3 Å². The van der Waals surface area contributed by atoms with Gasteiger partial charge in [0.25, 0.3) is 0 Å². The van der Waals surface area contributed by atoms with Gasteiger partial charge in [-0.2, -0.15) is 9.61 Å². The number of nitrogens with zero attached hydrogens (tertiary/aromatic N) is 4. The number of aromatic nitrogens is 3. The van der Waals surface area contributed by atoms with Crippen LogP contribution in [0, 0.1) is 0 Å². The maximum Gasteiger partial charge on any atom is 0.222 e. The fourth-order valence-electron chi connectivity index (χ4n) is 4.02. The third-order valence-electron chi connectivity index (χ3n) is 5.41. The molecule has 148 valence electrons. The molecule has 0 unspecified atom stereocenters. The fraction of sp³-hybridized carbons (Fsp3) is 0.273. The summed E-state index contributed by atoms with van der Waals surface area (Å²) >= 11 is 0. The van der Waals surface area contributed by atoms with E-state index < -0.39 is 0 Å². The van der Waals surface area contributed by atoms with Gasteiger partial charge in [-0.25, -0.2) is 4.98 Å². The van der Waals surface area contributed by atoms with Crippen molar-refractivity contribution in [1.29, 1.82) is 0 Å². The first-order valence-corrected chi connectivity index (χ1v) is 9.76. The minimum atomic E-state index is 0.352. The predicted molar refractivity (Wildman–Crippen MR) is 114 cm³/mol. The molecule has 4 aromatic rings. The molecule has 0 amide bonds. The number of ether oxygens (including phenoxy) is 2. The van der Waals surface area contributed by atoms with Crippen molar-refractivity contribution in [3.8, 4) is 5.75 Å². The molecule has 2 N–H and O–H groups in total. The second kappa shape index (κ2) is 7.25. The number of hydrogen-bond acceptors (Lipinski definition) is 6. The molecule has 1 saturated heterocycles. The standard InChI is InChI=1S/C22H23N5O2/c1-28-20-8-4-6-17-19-14-16(25-27(19)22(23)24-21(17)20)13-15-5-2-3-7-18(15)26-9-11-29-12-10-26/h2-8,14H,9-13H2,1H3,(H2,23,24). The first kappa shape index (κ1) is 17.8. The van der Waals surface area contributed by atoms with Crippen LogP contribution in [0.2, 0.25) is 0 Å². The van der Waals surface area contributed by atoms with Gasteiger partial charge in [0.1, 0.15) is 11.3 Å². The highest BCUT2D eigenvalue weighted by atomic mass is 16.5. The van der Waals surface area contributed by atoms with Gasteiger partial charge in [-0.15, -0.1) is 0 Å². The van der Waals surface area contributed by atoms with Crippen LogP contribution in [0.4, 0.5) is 11.6 Å². The van der Waals surface area contributed by atoms with Crippen molar-refractivity contribution in [1.82, 2.24) is 14.6 Å². The van der Waals surface area contributed by atoms with Crippen molar-refractivity contribution >= 4 is 28.1 Å². The highest BCUT2D eigenvalue weighted by molar-refractivity contribution is 5.97. The molecule has 0 radical (unpaired) electrons. The van der Waals surface area contributed by atoms with E-state index in [1.165, 1.54) is 11.3 Å². The molecule has 7 nitrogen and oxygen atoms in total. The van der Waals surface area contributed by atoms with Gasteiger partial charge in [-0.05, 0) is 23.8 Å². The molecule has 29 heavy (non-hydrogen) atoms. The lowest BCUT2D eigenvalue weighted by atomic mass is 10.1. The lowest BCUT2D eigenvalue weighted by Gasteiger charge is -2.30. The number of rotatable bonds is 4. The first-order chi connectivity index (χ1) is 14.2. The Morgan fingerprint density at radius 3 is 2.76 bits per heavy atom. The second-order valence-electron chi connectivity index (χ2n) is 7.16. The normalized spacial score (nSPS) is 14.6. The average Bonchev–Trinajstić information content (AvgIpc) is 3.19. The molecule has 2 aromatic carbocycles. The summed E-state index contributed by atoms with van der Waals surface area (Å²) in [5.41, 5.74) is 11.3. The molecule has 0 spiro atoms. The van der Waals surface area contributed by atoms with E-state index in [1.54, 1.807) is 11.6 Å². The summed E-state index contributed by atoms with van der Waals surface area (Å²) in [4.78, 5) is 6.90. The van der Waals surface area contributed by atoms with Crippen LogP contribution in [0.15, 0.2) is 48.5 Å². The molecule has 0 saturated carbocycles. The Hall–Kier alpha value is -3.32. The molecule has 0 bridgehead atoms. The van der Waals surface area contributed by atoms with Gasteiger partial charge in [-0.3, -0.25) is 0 Å². The van der Waals surface area contributed by atoms with Gasteiger partial charge in [0.15, 0.2) is 0 Å². The summed E-state index contributed by atoms with van der Waals surface area (Å²) in [6, 6.07) is 16.5. The molecule has 5 rings (SSSR count). The SMILES string of the molecule is COc1cccc2c1nc(N)n1nc(Cc3ccccc3N3CCOCC3)cc21. The number of hydrogen-bond donors (Lipinski definition) is 1. The summed E-state index contributed by atoms with van der Waals surface area (Å²) in [7, 11) is 1.64. The Labute approximate surface area is 168 Å². The number of nitrogens with two attached hydrogens (primary N) is 1. The number of para-hydroxylation sites is 2. The van der Waals surface area contributed by atoms with Crippen molar-refractivity contribution in [3.05, 3.63) is 59.8 Å². The molecule has 2 aromatic heterocycles. The molecule has 0 atom stereocenters. The van der Waals surface area contributed by atoms with Gasteiger partial charge in [0.2, 0.25) is 5.95 Å². The van der Waals surface area contributed by atoms with Crippen molar-refractivity contribution in [2.45, 2.75) is 6.42 Å². The van der Waals surface area contributed by atoms with E-state index in [0.717, 1.165) is 54.8 Å². The molecular weight excluding hydrogens is 366 g/mol. The monoisotopic (exact) mass is 389 g/mol. The summed E-state index contributed by atoms with van der Waals surface area (Å²) in [6.07, 6.45) is 0.722. The molecule has 0 aliphatic carbocycles. The Morgan fingerprint density at radius 2 is 1.93 bits per heavy atom. The lowest BCUT2D eigenvalue weighted by Crippen LogP contribution is -2.36. The number of fused-ring (bicyclic) bond motifs is 3. The summed E-state index contributed by atoms with van der Waals surface area (Å²) in [5.74, 6) is 1.06. The van der Waals surface area contributed by atoms with Crippen LogP contribution < -0.4 is 15.4 Å². The van der Waals surface area contributed by atoms with E-state index in [-0.39, 0.29) is 0 Å². The largest absolute Gasteiger partial charge is 0.494 e. The van der Waals surface area contributed by atoms with Crippen molar-refractivity contribution in [2.24, 2.45) is 0 Å². The summed E-state index contributed by atoms with van der Waals surface area (Å²) in [6.45, 7) is 3.34. The first-order valence-electron chi connectivity index (χ1n) is 9.76. The maximum absolute atomic E-state index is 6.21. The molecule has 7 heteroatoms. The third kappa shape index (κ3) is 3.13. The van der Waals surface area contributed by atoms with E-state index in [1.807, 2.05) is 18.2 Å². The van der Waals surface area contributed by atoms with Gasteiger partial charge >= 0.3 is 0 Å². The van der Waals surface area contributed by atoms with E-state index in [2.05, 4.69) is 40.2 Å². The van der Waals surface area contributed by atoms with E-state index in [4.69, 9.17) is 20.3 Å². The van der Waals surface area contributed by atoms with Crippen molar-refractivity contribution in [2.75, 3.05) is 44.0 Å². The predicted octanol–water partition coefficient (Wildman–Crippen LogP) is 2.90. The number of anilines is 2. The summed E-state index contributed by atoms with van der Waals surface area (Å²) < 4.78 is 12.7. The molecule has 1 fully saturated rings. The van der Waals surface area contributed by atoms with Crippen LogP contribution in [0.5, 0.6) is 5.75 Å². The van der Waals surface area contributed by atoms with Crippen LogP contribution in [-0.2, 0) is 11.2 Å². The van der Waals surface area contributed by atoms with Crippen LogP contribution in [0.25, 0.3) is 16.4 Å². The number of benzene rings is 2. The van der Waals surface area contributed by atoms with Crippen LogP contribution >= 0.6 is 0 Å². The Balaban J connectivity index is 1.57. The summed E-state index contributed by atoms with van der Waals surface area (Å²) in [5, 5.41) is 5.72. The highest BCUT2D eigenvalue weighted by Crippen LogP contribution is 2.30. The highest BCUT2D eigenvalue weighted by Gasteiger charge is 2.17. The average molecular weight is 389 g/mol. The Bertz CT molecular complexity index is 1180. The van der Waals surface area contributed by atoms with Crippen LogP contribution in [-0.4, -0.2) is 48.0 Å². The number of morpholine rings is 1. The fourth-order valence-corrected chi connectivity index (χ4v) is 4.02. The topological polar surface area (TPSA) is 77.9 Å². The van der Waals surface area contributed by atoms with E-state index >= 15 is 0 Å². The smallest absolute Gasteiger partial charge is 0.222 e. The zero-order valence-electron chi connectivity index (χ0n) is 16.3. The third-order valence-corrected chi connectivity index (χ3v) is 5.41. The molecule has 1 aliphatic heterocycles. The van der Waals surface area contributed by atoms with Crippen molar-refractivity contribution in [3.63, 3.8) is 0 Å². The quantitative estimate of drug-likeness (QED) is 0.578. The number of nitrogen functional groups attached to an aromatic ring is 1. The zero-order valence-corrected chi connectivity index (χ0v) is 16.3. The lowest BCUT2D eigenvalue weighted by molar-refractivity contribution is 0.122. The molecule has 1 aliphatic rings. The van der Waals surface area contributed by atoms with Gasteiger partial charge in [-0.1, -0.05) is 30.3 Å². The molecular formula is C22H23N5O2. The zero-order chi connectivity index (χ0) is 19.8. The molecule has 3 heterocycles. The minimum absolute atomic E-state index is 0.352. The Kier molecular flexibility index (Phi) is 4.44. The minimum Gasteiger partial charge on any atom is -0.494 e.